The van der Waals surface area contributed by atoms with Crippen LogP contribution >= 0.6 is 0 Å². The Morgan fingerprint density at radius 1 is 1.00 bits per heavy atom. The van der Waals surface area contributed by atoms with Gasteiger partial charge in [0.2, 0.25) is 15.9 Å². The maximum absolute atomic E-state index is 13.8. The molecule has 12 heteroatoms. The van der Waals surface area contributed by atoms with Crippen molar-refractivity contribution in [2.45, 2.75) is 48.7 Å². The summed E-state index contributed by atoms with van der Waals surface area (Å²) < 4.78 is 33.9. The van der Waals surface area contributed by atoms with Crippen LogP contribution in [0.4, 0.5) is 0 Å². The highest BCUT2D eigenvalue weighted by Gasteiger charge is 2.54. The normalized spacial score (nSPS) is 21.1. The molecule has 2 aliphatic heterocycles. The van der Waals surface area contributed by atoms with Crippen molar-refractivity contribution in [1.82, 2.24) is 14.5 Å². The van der Waals surface area contributed by atoms with Gasteiger partial charge in [0.1, 0.15) is 28.5 Å². The lowest BCUT2D eigenvalue weighted by atomic mass is 10.1. The largest absolute Gasteiger partial charge is 0.619 e. The minimum absolute atomic E-state index is 0.185. The summed E-state index contributed by atoms with van der Waals surface area (Å²) in [6, 6.07) is 16.0. The molecule has 3 atom stereocenters. The van der Waals surface area contributed by atoms with Crippen LogP contribution in [0.5, 0.6) is 11.5 Å². The fourth-order valence-corrected chi connectivity index (χ4v) is 7.34. The molecule has 0 radical (unpaired) electrons. The van der Waals surface area contributed by atoms with E-state index in [0.717, 1.165) is 23.3 Å². The second-order valence-electron chi connectivity index (χ2n) is 10.9. The number of Topliss-reactive ketones (excluding diaryl/α,β-unsaturated/α-hetero) is 1. The molecule has 1 N–H and O–H groups in total. The number of sulfonamides is 1. The number of rotatable bonds is 9. The highest BCUT2D eigenvalue weighted by molar-refractivity contribution is 7.89. The molecule has 3 fully saturated rings. The van der Waals surface area contributed by atoms with E-state index in [0.29, 0.717) is 34.1 Å². The Labute approximate surface area is 243 Å². The summed E-state index contributed by atoms with van der Waals surface area (Å²) in [6.07, 6.45) is 4.76. The number of hydrogen-bond acceptors (Lipinski definition) is 7. The molecule has 1 aliphatic carbocycles. The number of ketones is 1. The molecule has 3 heterocycles. The highest BCUT2D eigenvalue weighted by Crippen LogP contribution is 2.37. The number of hydrogen-bond donors (Lipinski definition) is 1. The first-order chi connectivity index (χ1) is 20.2. The van der Waals surface area contributed by atoms with Crippen molar-refractivity contribution in [3.63, 3.8) is 0 Å². The lowest BCUT2D eigenvalue weighted by Gasteiger charge is -2.28. The lowest BCUT2D eigenvalue weighted by molar-refractivity contribution is -0.607. The van der Waals surface area contributed by atoms with Crippen LogP contribution in [-0.2, 0) is 19.6 Å². The zero-order chi connectivity index (χ0) is 29.4. The second-order valence-corrected chi connectivity index (χ2v) is 12.8. The van der Waals surface area contributed by atoms with Gasteiger partial charge in [-0.25, -0.2) is 8.42 Å². The summed E-state index contributed by atoms with van der Waals surface area (Å²) in [5, 5.41) is 14.6. The molecule has 1 aromatic heterocycles. The Balaban J connectivity index is 1.16. The molecule has 2 amide bonds. The van der Waals surface area contributed by atoms with Crippen LogP contribution in [0.3, 0.4) is 0 Å². The van der Waals surface area contributed by atoms with E-state index in [-0.39, 0.29) is 30.2 Å². The summed E-state index contributed by atoms with van der Waals surface area (Å²) >= 11 is 0. The van der Waals surface area contributed by atoms with Gasteiger partial charge in [-0.2, -0.15) is 9.04 Å². The smallest absolute Gasteiger partial charge is 0.251 e. The molecule has 218 valence electrons. The molecular weight excluding hydrogens is 560 g/mol. The number of nitrogens with zero attached hydrogens (tertiary/aromatic N) is 3. The highest BCUT2D eigenvalue weighted by atomic mass is 32.2. The molecule has 11 nitrogen and oxygen atoms in total. The molecular formula is C30H30N4O7S. The number of amides is 2. The van der Waals surface area contributed by atoms with Crippen molar-refractivity contribution >= 4 is 27.6 Å². The summed E-state index contributed by atoms with van der Waals surface area (Å²) in [4.78, 5) is 41.4. The maximum Gasteiger partial charge on any atom is 0.251 e. The molecule has 2 aromatic carbocycles. The van der Waals surface area contributed by atoms with Crippen LogP contribution in [0, 0.1) is 11.1 Å². The maximum atomic E-state index is 13.8. The predicted octanol–water partition coefficient (Wildman–Crippen LogP) is 2.25. The Morgan fingerprint density at radius 2 is 1.71 bits per heavy atom. The van der Waals surface area contributed by atoms with Crippen molar-refractivity contribution in [1.29, 1.82) is 0 Å². The van der Waals surface area contributed by atoms with Crippen molar-refractivity contribution in [3.05, 3.63) is 89.9 Å². The standard InChI is InChI=1S/C30H30N4O7S/c35-27-19-34(42(39,40)24-7-4-15-32(38)18-24)26-14-16-33(28(26)27)30(37)25(17-20-8-9-20)31-29(36)21-10-12-23(13-11-21)41-22-5-2-1-3-6-22/h1-7,10-13,15,18,20,25-26,28H,8-9,14,16-17,19H2,(H,31,36). The third-order valence-electron chi connectivity index (χ3n) is 7.98. The molecule has 6 rings (SSSR count). The number of pyridine rings is 1. The third-order valence-corrected chi connectivity index (χ3v) is 9.83. The van der Waals surface area contributed by atoms with E-state index in [1.54, 1.807) is 24.3 Å². The fourth-order valence-electron chi connectivity index (χ4n) is 5.71. The molecule has 3 aromatic rings. The van der Waals surface area contributed by atoms with Gasteiger partial charge in [0.05, 0.1) is 12.6 Å². The van der Waals surface area contributed by atoms with Crippen molar-refractivity contribution < 1.29 is 32.3 Å². The summed E-state index contributed by atoms with van der Waals surface area (Å²) in [5.74, 6) is 0.327. The van der Waals surface area contributed by atoms with Crippen LogP contribution in [0.25, 0.3) is 0 Å². The number of fused-ring (bicyclic) bond motifs is 1. The molecule has 2 saturated heterocycles. The Bertz CT molecular complexity index is 1610. The zero-order valence-corrected chi connectivity index (χ0v) is 23.5. The van der Waals surface area contributed by atoms with Crippen LogP contribution in [0.1, 0.15) is 36.0 Å². The van der Waals surface area contributed by atoms with Crippen molar-refractivity contribution in [2.24, 2.45) is 5.92 Å². The predicted molar refractivity (Wildman–Crippen MR) is 150 cm³/mol. The van der Waals surface area contributed by atoms with Gasteiger partial charge >= 0.3 is 0 Å². The minimum atomic E-state index is -4.13. The first-order valence-corrected chi connectivity index (χ1v) is 15.3. The van der Waals surface area contributed by atoms with Gasteiger partial charge in [0, 0.05) is 18.2 Å². The third kappa shape index (κ3) is 5.59. The topological polar surface area (TPSA) is 140 Å². The Hall–Kier alpha value is -4.29. The van der Waals surface area contributed by atoms with Crippen LogP contribution in [0.15, 0.2) is 84.0 Å². The summed E-state index contributed by atoms with van der Waals surface area (Å²) in [7, 11) is -4.13. The first-order valence-electron chi connectivity index (χ1n) is 13.9. The number of likely N-dealkylation sites (tertiary alicyclic amines) is 1. The average Bonchev–Trinajstić information content (AvgIpc) is 3.59. The molecule has 1 saturated carbocycles. The Morgan fingerprint density at radius 3 is 2.40 bits per heavy atom. The lowest BCUT2D eigenvalue weighted by Crippen LogP contribution is -2.52. The van der Waals surface area contributed by atoms with Gasteiger partial charge in [-0.05, 0) is 61.2 Å². The van der Waals surface area contributed by atoms with Crippen molar-refractivity contribution in [2.75, 3.05) is 13.1 Å². The fraction of sp³-hybridized carbons (Fsp3) is 0.333. The van der Waals surface area contributed by atoms with Gasteiger partial charge in [0.25, 0.3) is 5.91 Å². The van der Waals surface area contributed by atoms with Crippen LogP contribution < -0.4 is 14.8 Å². The van der Waals surface area contributed by atoms with E-state index >= 15 is 0 Å². The van der Waals surface area contributed by atoms with E-state index in [4.69, 9.17) is 4.74 Å². The first kappa shape index (κ1) is 27.9. The SMILES string of the molecule is O=C(NC(CC1CC1)C(=O)N1CCC2C1C(=O)CN2S(=O)(=O)c1ccc[n+]([O-])c1)c1ccc(Oc2ccccc2)cc1. The van der Waals surface area contributed by atoms with Crippen LogP contribution in [-0.4, -0.2) is 66.4 Å². The van der Waals surface area contributed by atoms with E-state index < -0.39 is 40.0 Å². The molecule has 42 heavy (non-hydrogen) atoms. The number of aromatic nitrogens is 1. The minimum Gasteiger partial charge on any atom is -0.619 e. The molecule has 3 unspecified atom stereocenters. The van der Waals surface area contributed by atoms with Gasteiger partial charge in [-0.3, -0.25) is 14.4 Å². The zero-order valence-electron chi connectivity index (χ0n) is 22.7. The van der Waals surface area contributed by atoms with E-state index in [9.17, 15) is 28.0 Å². The van der Waals surface area contributed by atoms with E-state index in [2.05, 4.69) is 5.32 Å². The van der Waals surface area contributed by atoms with Gasteiger partial charge in [0.15, 0.2) is 18.2 Å². The number of ether oxygens (including phenoxy) is 1. The number of nitrogens with one attached hydrogen (secondary N) is 1. The van der Waals surface area contributed by atoms with E-state index in [1.165, 1.54) is 23.2 Å². The second kappa shape index (κ2) is 11.2. The number of benzene rings is 2. The van der Waals surface area contributed by atoms with Crippen LogP contribution in [0.2, 0.25) is 0 Å². The monoisotopic (exact) mass is 590 g/mol. The number of carbonyl (C=O) groups excluding carboxylic acids is 3. The van der Waals surface area contributed by atoms with E-state index in [1.807, 2.05) is 30.3 Å². The summed E-state index contributed by atoms with van der Waals surface area (Å²) in [5.41, 5.74) is 0.357. The number of carbonyl (C=O) groups is 3. The average molecular weight is 591 g/mol. The quantitative estimate of drug-likeness (QED) is 0.298. The van der Waals surface area contributed by atoms with Crippen molar-refractivity contribution in [3.8, 4) is 11.5 Å². The Kier molecular flexibility index (Phi) is 7.42. The number of para-hydroxylation sites is 1. The molecule has 0 bridgehead atoms. The van der Waals surface area contributed by atoms with Gasteiger partial charge < -0.3 is 20.2 Å². The van der Waals surface area contributed by atoms with Gasteiger partial charge in [-0.15, -0.1) is 0 Å². The molecule has 0 spiro atoms. The summed E-state index contributed by atoms with van der Waals surface area (Å²) in [6.45, 7) is -0.197. The van der Waals surface area contributed by atoms with Gasteiger partial charge in [-0.1, -0.05) is 31.0 Å². The molecule has 3 aliphatic rings.